The van der Waals surface area contributed by atoms with Crippen LogP contribution < -0.4 is 10.2 Å². The molecule has 18 heavy (non-hydrogen) atoms. The number of anilines is 1. The Morgan fingerprint density at radius 3 is 2.78 bits per heavy atom. The molecule has 1 atom stereocenters. The zero-order valence-electron chi connectivity index (χ0n) is 11.8. The lowest BCUT2D eigenvalue weighted by Crippen LogP contribution is -2.39. The minimum Gasteiger partial charge on any atom is -0.367 e. The smallest absolute Gasteiger partial charge is 0.0386 e. The van der Waals surface area contributed by atoms with E-state index in [0.29, 0.717) is 11.5 Å². The predicted molar refractivity (Wildman–Crippen MR) is 82.3 cm³/mol. The second-order valence-electron chi connectivity index (χ2n) is 6.21. The Kier molecular flexibility index (Phi) is 4.02. The van der Waals surface area contributed by atoms with Crippen molar-refractivity contribution in [2.75, 3.05) is 24.5 Å². The van der Waals surface area contributed by atoms with Gasteiger partial charge in [0.05, 0.1) is 0 Å². The lowest BCUT2D eigenvalue weighted by atomic mass is 9.93. The topological polar surface area (TPSA) is 15.3 Å². The lowest BCUT2D eigenvalue weighted by molar-refractivity contribution is 0.369. The van der Waals surface area contributed by atoms with Gasteiger partial charge in [-0.25, -0.2) is 0 Å². The van der Waals surface area contributed by atoms with Crippen molar-refractivity contribution in [1.29, 1.82) is 0 Å². The van der Waals surface area contributed by atoms with E-state index in [9.17, 15) is 0 Å². The third-order valence-electron chi connectivity index (χ3n) is 3.66. The maximum atomic E-state index is 3.64. The van der Waals surface area contributed by atoms with Crippen LogP contribution in [-0.2, 0) is 0 Å². The van der Waals surface area contributed by atoms with Gasteiger partial charge >= 0.3 is 0 Å². The fourth-order valence-electron chi connectivity index (χ4n) is 2.51. The summed E-state index contributed by atoms with van der Waals surface area (Å²) in [7, 11) is 0. The molecule has 0 aliphatic carbocycles. The third-order valence-corrected chi connectivity index (χ3v) is 4.52. The van der Waals surface area contributed by atoms with Gasteiger partial charge in [-0.15, -0.1) is 0 Å². The van der Waals surface area contributed by atoms with Crippen molar-refractivity contribution in [2.45, 2.75) is 33.7 Å². The SMILES string of the molecule is Cc1ccc(N2CC(C)(C)CNCC2C)cc1Br. The summed E-state index contributed by atoms with van der Waals surface area (Å²) in [5.41, 5.74) is 2.91. The van der Waals surface area contributed by atoms with Crippen molar-refractivity contribution in [2.24, 2.45) is 5.41 Å². The molecule has 2 nitrogen and oxygen atoms in total. The second kappa shape index (κ2) is 5.22. The standard InChI is InChI=1S/C15H23BrN2/c1-11-5-6-13(7-14(11)16)18-10-15(3,4)9-17-8-12(18)2/h5-7,12,17H,8-10H2,1-4H3. The van der Waals surface area contributed by atoms with Crippen LogP contribution >= 0.6 is 15.9 Å². The summed E-state index contributed by atoms with van der Waals surface area (Å²) >= 11 is 3.64. The Balaban J connectivity index is 2.30. The molecule has 3 heteroatoms. The normalized spacial score (nSPS) is 23.8. The molecule has 0 saturated carbocycles. The first-order valence-corrected chi connectivity index (χ1v) is 7.42. The van der Waals surface area contributed by atoms with E-state index in [4.69, 9.17) is 0 Å². The minimum absolute atomic E-state index is 0.308. The van der Waals surface area contributed by atoms with Gasteiger partial charge in [0.15, 0.2) is 0 Å². The lowest BCUT2D eigenvalue weighted by Gasteiger charge is -2.34. The molecular formula is C15H23BrN2. The molecule has 1 unspecified atom stereocenters. The van der Waals surface area contributed by atoms with E-state index in [1.54, 1.807) is 0 Å². The monoisotopic (exact) mass is 310 g/mol. The van der Waals surface area contributed by atoms with E-state index in [2.05, 4.69) is 72.0 Å². The van der Waals surface area contributed by atoms with Gasteiger partial charge in [0.2, 0.25) is 0 Å². The molecule has 0 bridgehead atoms. The van der Waals surface area contributed by atoms with E-state index < -0.39 is 0 Å². The highest BCUT2D eigenvalue weighted by atomic mass is 79.9. The van der Waals surface area contributed by atoms with Crippen molar-refractivity contribution in [3.63, 3.8) is 0 Å². The maximum absolute atomic E-state index is 3.64. The molecule has 1 N–H and O–H groups in total. The van der Waals surface area contributed by atoms with E-state index in [-0.39, 0.29) is 0 Å². The van der Waals surface area contributed by atoms with Crippen LogP contribution in [-0.4, -0.2) is 25.7 Å². The van der Waals surface area contributed by atoms with Crippen LogP contribution in [0, 0.1) is 12.3 Å². The molecule has 0 spiro atoms. The summed E-state index contributed by atoms with van der Waals surface area (Å²) in [5.74, 6) is 0. The number of aryl methyl sites for hydroxylation is 1. The third kappa shape index (κ3) is 3.07. The summed E-state index contributed by atoms with van der Waals surface area (Å²) in [6.45, 7) is 12.3. The van der Waals surface area contributed by atoms with Gasteiger partial charge in [0.25, 0.3) is 0 Å². The molecule has 1 saturated heterocycles. The van der Waals surface area contributed by atoms with Crippen molar-refractivity contribution < 1.29 is 0 Å². The van der Waals surface area contributed by atoms with E-state index in [1.807, 2.05) is 0 Å². The van der Waals surface area contributed by atoms with Gasteiger partial charge in [0, 0.05) is 35.8 Å². The highest BCUT2D eigenvalue weighted by Crippen LogP contribution is 2.29. The molecule has 0 amide bonds. The molecule has 0 radical (unpaired) electrons. The summed E-state index contributed by atoms with van der Waals surface area (Å²) in [6.07, 6.45) is 0. The number of rotatable bonds is 1. The maximum Gasteiger partial charge on any atom is 0.0386 e. The first-order chi connectivity index (χ1) is 8.39. The Morgan fingerprint density at radius 2 is 2.11 bits per heavy atom. The number of halogens is 1. The molecule has 1 fully saturated rings. The molecule has 100 valence electrons. The van der Waals surface area contributed by atoms with E-state index in [1.165, 1.54) is 15.7 Å². The second-order valence-corrected chi connectivity index (χ2v) is 7.06. The van der Waals surface area contributed by atoms with Crippen LogP contribution in [0.4, 0.5) is 5.69 Å². The van der Waals surface area contributed by atoms with Gasteiger partial charge < -0.3 is 10.2 Å². The number of nitrogens with one attached hydrogen (secondary N) is 1. The Labute approximate surface area is 119 Å². The van der Waals surface area contributed by atoms with Gasteiger partial charge in [-0.05, 0) is 37.0 Å². The quantitative estimate of drug-likeness (QED) is 0.853. The van der Waals surface area contributed by atoms with Crippen molar-refractivity contribution in [1.82, 2.24) is 5.32 Å². The van der Waals surface area contributed by atoms with E-state index in [0.717, 1.165) is 19.6 Å². The Morgan fingerprint density at radius 1 is 1.39 bits per heavy atom. The molecule has 1 aromatic rings. The number of hydrogen-bond donors (Lipinski definition) is 1. The highest BCUT2D eigenvalue weighted by Gasteiger charge is 2.28. The number of hydrogen-bond acceptors (Lipinski definition) is 2. The number of nitrogens with zero attached hydrogens (tertiary/aromatic N) is 1. The fourth-order valence-corrected chi connectivity index (χ4v) is 2.88. The highest BCUT2D eigenvalue weighted by molar-refractivity contribution is 9.10. The summed E-state index contributed by atoms with van der Waals surface area (Å²) in [4.78, 5) is 2.52. The van der Waals surface area contributed by atoms with Crippen LogP contribution in [0.1, 0.15) is 26.3 Å². The van der Waals surface area contributed by atoms with Crippen LogP contribution in [0.25, 0.3) is 0 Å². The van der Waals surface area contributed by atoms with Crippen molar-refractivity contribution >= 4 is 21.6 Å². The van der Waals surface area contributed by atoms with Crippen LogP contribution in [0.15, 0.2) is 22.7 Å². The zero-order valence-corrected chi connectivity index (χ0v) is 13.3. The van der Waals surface area contributed by atoms with Gasteiger partial charge in [0.1, 0.15) is 0 Å². The first-order valence-electron chi connectivity index (χ1n) is 6.62. The van der Waals surface area contributed by atoms with Gasteiger partial charge in [-0.2, -0.15) is 0 Å². The molecule has 2 rings (SSSR count). The molecule has 0 aromatic heterocycles. The largest absolute Gasteiger partial charge is 0.367 e. The van der Waals surface area contributed by atoms with Crippen LogP contribution in [0.2, 0.25) is 0 Å². The fraction of sp³-hybridized carbons (Fsp3) is 0.600. The van der Waals surface area contributed by atoms with Crippen LogP contribution in [0.5, 0.6) is 0 Å². The minimum atomic E-state index is 0.308. The molecule has 1 aromatic carbocycles. The summed E-state index contributed by atoms with van der Waals surface area (Å²) in [6, 6.07) is 7.20. The summed E-state index contributed by atoms with van der Waals surface area (Å²) < 4.78 is 1.20. The van der Waals surface area contributed by atoms with E-state index >= 15 is 0 Å². The molecule has 1 aliphatic heterocycles. The molecular weight excluding hydrogens is 288 g/mol. The average molecular weight is 311 g/mol. The number of benzene rings is 1. The Hall–Kier alpha value is -0.540. The van der Waals surface area contributed by atoms with Gasteiger partial charge in [-0.1, -0.05) is 35.8 Å². The van der Waals surface area contributed by atoms with Crippen molar-refractivity contribution in [3.8, 4) is 0 Å². The zero-order chi connectivity index (χ0) is 13.3. The molecule has 1 aliphatic rings. The van der Waals surface area contributed by atoms with Crippen molar-refractivity contribution in [3.05, 3.63) is 28.2 Å². The van der Waals surface area contributed by atoms with Gasteiger partial charge in [-0.3, -0.25) is 0 Å². The average Bonchev–Trinajstić information content (AvgIpc) is 2.42. The molecule has 1 heterocycles. The summed E-state index contributed by atoms with van der Waals surface area (Å²) in [5, 5.41) is 3.56. The first kappa shape index (κ1) is 13.9. The Bertz CT molecular complexity index is 429. The van der Waals surface area contributed by atoms with Crippen LogP contribution in [0.3, 0.4) is 0 Å². The predicted octanol–water partition coefficient (Wildman–Crippen LogP) is 3.58.